The molecule has 0 saturated carbocycles. The molecule has 8 nitrogen and oxygen atoms in total. The molecule has 2 N–H and O–H groups in total. The Morgan fingerprint density at radius 1 is 1.14 bits per heavy atom. The van der Waals surface area contributed by atoms with Gasteiger partial charge >= 0.3 is 0 Å². The molecule has 1 aliphatic heterocycles. The largest absolute Gasteiger partial charge is 0.395 e. The molecule has 1 heterocycles. The van der Waals surface area contributed by atoms with Gasteiger partial charge in [0.05, 0.1) is 18.1 Å². The summed E-state index contributed by atoms with van der Waals surface area (Å²) in [6.45, 7) is 1.52. The number of β-amino-alcohol motifs (C(OH)–C–C–N with tert-alkyl or cyclic N) is 1. The van der Waals surface area contributed by atoms with Crippen molar-refractivity contribution < 1.29 is 19.6 Å². The molecule has 0 spiro atoms. The van der Waals surface area contributed by atoms with E-state index in [0.29, 0.717) is 10.6 Å². The highest BCUT2D eigenvalue weighted by molar-refractivity contribution is 7.99. The number of aryl methyl sites for hydroxylation is 1. The van der Waals surface area contributed by atoms with Crippen LogP contribution in [0.5, 0.6) is 0 Å². The number of imide groups is 1. The first-order valence-electron chi connectivity index (χ1n) is 8.37. The van der Waals surface area contributed by atoms with Gasteiger partial charge in [0.2, 0.25) is 0 Å². The first kappa shape index (κ1) is 19.6. The number of nitro groups is 1. The average molecular weight is 399 g/mol. The number of hydrogen-bond acceptors (Lipinski definition) is 7. The van der Waals surface area contributed by atoms with Gasteiger partial charge in [-0.3, -0.25) is 24.6 Å². The fraction of sp³-hybridized carbons (Fsp3) is 0.158. The van der Waals surface area contributed by atoms with E-state index in [1.807, 2.05) is 31.2 Å². The monoisotopic (exact) mass is 399 g/mol. The van der Waals surface area contributed by atoms with E-state index in [2.05, 4.69) is 5.32 Å². The van der Waals surface area contributed by atoms with E-state index in [1.165, 1.54) is 23.9 Å². The lowest BCUT2D eigenvalue weighted by Gasteiger charge is -2.13. The number of carbonyl (C=O) groups excluding carboxylic acids is 2. The fourth-order valence-corrected chi connectivity index (χ4v) is 3.54. The van der Waals surface area contributed by atoms with Gasteiger partial charge in [-0.15, -0.1) is 0 Å². The van der Waals surface area contributed by atoms with Gasteiger partial charge in [0.15, 0.2) is 0 Å². The van der Waals surface area contributed by atoms with E-state index in [4.69, 9.17) is 5.11 Å². The van der Waals surface area contributed by atoms with Gasteiger partial charge in [-0.1, -0.05) is 29.5 Å². The summed E-state index contributed by atoms with van der Waals surface area (Å²) in [5, 5.41) is 23.0. The molecule has 2 aromatic carbocycles. The molecule has 0 bridgehead atoms. The fourth-order valence-electron chi connectivity index (χ4n) is 2.63. The summed E-state index contributed by atoms with van der Waals surface area (Å²) in [5.41, 5.74) is 1.30. The third kappa shape index (κ3) is 4.38. The van der Waals surface area contributed by atoms with Crippen LogP contribution >= 0.6 is 11.8 Å². The van der Waals surface area contributed by atoms with Gasteiger partial charge in [-0.05, 0) is 25.1 Å². The van der Waals surface area contributed by atoms with Crippen LogP contribution in [0, 0.1) is 17.0 Å². The smallest absolute Gasteiger partial charge is 0.277 e. The van der Waals surface area contributed by atoms with Crippen LogP contribution in [0.3, 0.4) is 0 Å². The molecule has 0 aromatic heterocycles. The first-order valence-corrected chi connectivity index (χ1v) is 9.18. The molecule has 9 heteroatoms. The van der Waals surface area contributed by atoms with Crippen molar-refractivity contribution in [3.8, 4) is 0 Å². The number of benzene rings is 2. The van der Waals surface area contributed by atoms with E-state index in [9.17, 15) is 19.7 Å². The molecule has 0 atom stereocenters. The van der Waals surface area contributed by atoms with Crippen molar-refractivity contribution in [1.82, 2.24) is 4.90 Å². The second-order valence-corrected chi connectivity index (χ2v) is 7.24. The molecular formula is C19H17N3O5S. The minimum Gasteiger partial charge on any atom is -0.395 e. The van der Waals surface area contributed by atoms with E-state index < -0.39 is 16.7 Å². The number of non-ortho nitro benzene ring substituents is 1. The minimum atomic E-state index is -0.585. The Labute approximate surface area is 165 Å². The Morgan fingerprint density at radius 3 is 2.50 bits per heavy atom. The second kappa shape index (κ2) is 8.24. The summed E-state index contributed by atoms with van der Waals surface area (Å²) >= 11 is 1.35. The predicted octanol–water partition coefficient (Wildman–Crippen LogP) is 2.71. The van der Waals surface area contributed by atoms with Gasteiger partial charge in [0, 0.05) is 33.7 Å². The maximum Gasteiger partial charge on any atom is 0.277 e. The number of aliphatic hydroxyl groups excluding tert-OH is 1. The lowest BCUT2D eigenvalue weighted by atomic mass is 10.2. The normalized spacial score (nSPS) is 13.6. The molecule has 0 aliphatic carbocycles. The molecule has 2 aromatic rings. The maximum absolute atomic E-state index is 12.3. The van der Waals surface area contributed by atoms with Crippen molar-refractivity contribution in [2.24, 2.45) is 0 Å². The van der Waals surface area contributed by atoms with Crippen molar-refractivity contribution in [2.45, 2.75) is 16.7 Å². The quantitative estimate of drug-likeness (QED) is 0.418. The van der Waals surface area contributed by atoms with Crippen LogP contribution in [0.15, 0.2) is 64.0 Å². The van der Waals surface area contributed by atoms with Gasteiger partial charge in [0.25, 0.3) is 17.5 Å². The van der Waals surface area contributed by atoms with Gasteiger partial charge < -0.3 is 10.4 Å². The highest BCUT2D eigenvalue weighted by atomic mass is 32.2. The van der Waals surface area contributed by atoms with Crippen molar-refractivity contribution >= 4 is 35.0 Å². The Bertz CT molecular complexity index is 972. The SMILES string of the molecule is Cc1ccc(Sc2cc(NC3=CC(=O)N(CCO)C3=O)cc([N+](=O)[O-])c2)cc1. The summed E-state index contributed by atoms with van der Waals surface area (Å²) < 4.78 is 0. The number of carbonyl (C=O) groups is 2. The Kier molecular flexibility index (Phi) is 5.76. The van der Waals surface area contributed by atoms with Crippen LogP contribution < -0.4 is 5.32 Å². The van der Waals surface area contributed by atoms with Crippen molar-refractivity contribution in [2.75, 3.05) is 18.5 Å². The zero-order valence-corrected chi connectivity index (χ0v) is 15.7. The highest BCUT2D eigenvalue weighted by Crippen LogP contribution is 2.33. The Hall–Kier alpha value is -3.17. The number of amides is 2. The second-order valence-electron chi connectivity index (χ2n) is 6.09. The Morgan fingerprint density at radius 2 is 1.86 bits per heavy atom. The lowest BCUT2D eigenvalue weighted by Crippen LogP contribution is -2.34. The van der Waals surface area contributed by atoms with Gasteiger partial charge in [-0.2, -0.15) is 0 Å². The summed E-state index contributed by atoms with van der Waals surface area (Å²) in [6, 6.07) is 12.1. The third-order valence-corrected chi connectivity index (χ3v) is 4.95. The predicted molar refractivity (Wildman–Crippen MR) is 104 cm³/mol. The van der Waals surface area contributed by atoms with Crippen LogP contribution in [-0.4, -0.2) is 39.9 Å². The topological polar surface area (TPSA) is 113 Å². The number of nitrogens with zero attached hydrogens (tertiary/aromatic N) is 2. The van der Waals surface area contributed by atoms with Crippen molar-refractivity contribution in [1.29, 1.82) is 0 Å². The minimum absolute atomic E-state index is 0.00485. The van der Waals surface area contributed by atoms with Crippen LogP contribution in [-0.2, 0) is 9.59 Å². The van der Waals surface area contributed by atoms with Crippen LogP contribution in [0.2, 0.25) is 0 Å². The highest BCUT2D eigenvalue weighted by Gasteiger charge is 2.30. The molecule has 0 unspecified atom stereocenters. The molecule has 3 rings (SSSR count). The number of hydrogen-bond donors (Lipinski definition) is 2. The standard InChI is InChI=1S/C19H17N3O5S/c1-12-2-4-15(5-3-12)28-16-9-13(8-14(10-16)22(26)27)20-17-11-18(24)21(6-7-23)19(17)25/h2-5,8-11,20,23H,6-7H2,1H3. The molecular weight excluding hydrogens is 382 g/mol. The Balaban J connectivity index is 1.86. The molecule has 2 amide bonds. The molecule has 144 valence electrons. The van der Waals surface area contributed by atoms with Gasteiger partial charge in [-0.25, -0.2) is 0 Å². The van der Waals surface area contributed by atoms with E-state index >= 15 is 0 Å². The number of nitro benzene ring substituents is 1. The van der Waals surface area contributed by atoms with Crippen LogP contribution in [0.4, 0.5) is 11.4 Å². The zero-order chi connectivity index (χ0) is 20.3. The third-order valence-electron chi connectivity index (χ3n) is 3.97. The van der Waals surface area contributed by atoms with E-state index in [0.717, 1.165) is 21.4 Å². The zero-order valence-electron chi connectivity index (χ0n) is 14.9. The van der Waals surface area contributed by atoms with Crippen LogP contribution in [0.25, 0.3) is 0 Å². The summed E-state index contributed by atoms with van der Waals surface area (Å²) in [4.78, 5) is 37.3. The lowest BCUT2D eigenvalue weighted by molar-refractivity contribution is -0.385. The number of rotatable bonds is 7. The molecule has 0 radical (unpaired) electrons. The number of aliphatic hydroxyl groups is 1. The molecule has 0 fully saturated rings. The summed E-state index contributed by atoms with van der Waals surface area (Å²) in [7, 11) is 0. The summed E-state index contributed by atoms with van der Waals surface area (Å²) in [5.74, 6) is -1.13. The van der Waals surface area contributed by atoms with E-state index in [-0.39, 0.29) is 24.5 Å². The first-order chi connectivity index (χ1) is 13.4. The van der Waals surface area contributed by atoms with Crippen molar-refractivity contribution in [3.63, 3.8) is 0 Å². The molecule has 1 aliphatic rings. The van der Waals surface area contributed by atoms with Gasteiger partial charge in [0.1, 0.15) is 5.70 Å². The number of nitrogens with one attached hydrogen (secondary N) is 1. The summed E-state index contributed by atoms with van der Waals surface area (Å²) in [6.07, 6.45) is 1.11. The number of anilines is 1. The average Bonchev–Trinajstić information content (AvgIpc) is 2.91. The van der Waals surface area contributed by atoms with Crippen LogP contribution in [0.1, 0.15) is 5.56 Å². The maximum atomic E-state index is 12.3. The molecule has 0 saturated heterocycles. The molecule has 28 heavy (non-hydrogen) atoms. The van der Waals surface area contributed by atoms with E-state index in [1.54, 1.807) is 6.07 Å². The van der Waals surface area contributed by atoms with Crippen molar-refractivity contribution in [3.05, 3.63) is 69.9 Å².